The summed E-state index contributed by atoms with van der Waals surface area (Å²) >= 11 is 0. The standard InChI is InChI=1S/C38H23N5/c1-3-11-24(12-4-1)42-30-17-9-7-15-27(30)32-35-34(29-23-39-20-19-26(29)38-40-21-22-41(35)38)37-33(36(32)42)28-16-8-10-18-31(28)43(37)25-13-5-2-6-14-25/h1-23H. The second-order valence-corrected chi connectivity index (χ2v) is 11.1. The van der Waals surface area contributed by atoms with Crippen molar-refractivity contribution in [3.63, 3.8) is 0 Å². The van der Waals surface area contributed by atoms with E-state index in [4.69, 9.17) is 4.98 Å². The lowest BCUT2D eigenvalue weighted by atomic mass is 9.99. The van der Waals surface area contributed by atoms with Gasteiger partial charge in [0.15, 0.2) is 0 Å². The second-order valence-electron chi connectivity index (χ2n) is 11.1. The molecule has 0 radical (unpaired) electrons. The summed E-state index contributed by atoms with van der Waals surface area (Å²) in [7, 11) is 0. The van der Waals surface area contributed by atoms with Crippen LogP contribution in [0.2, 0.25) is 0 Å². The molecule has 0 fully saturated rings. The number of nitrogens with zero attached hydrogens (tertiary/aromatic N) is 5. The van der Waals surface area contributed by atoms with Crippen LogP contribution in [-0.4, -0.2) is 23.5 Å². The molecule has 0 unspecified atom stereocenters. The fourth-order valence-electron chi connectivity index (χ4n) is 7.33. The molecule has 0 bridgehead atoms. The topological polar surface area (TPSA) is 40.1 Å². The Morgan fingerprint density at radius 2 is 0.977 bits per heavy atom. The fraction of sp³-hybridized carbons (Fsp3) is 0. The number of imidazole rings is 1. The Bertz CT molecular complexity index is 2710. The number of hydrogen-bond donors (Lipinski definition) is 0. The van der Waals surface area contributed by atoms with Gasteiger partial charge in [-0.2, -0.15) is 0 Å². The summed E-state index contributed by atoms with van der Waals surface area (Å²) in [4.78, 5) is 9.53. The molecule has 0 atom stereocenters. The maximum Gasteiger partial charge on any atom is 0.145 e. The highest BCUT2D eigenvalue weighted by Gasteiger charge is 2.27. The first-order valence-corrected chi connectivity index (χ1v) is 14.5. The normalized spacial score (nSPS) is 12.2. The molecular weight excluding hydrogens is 526 g/mol. The summed E-state index contributed by atoms with van der Waals surface area (Å²) in [5.41, 5.74) is 9.04. The molecular formula is C38H23N5. The van der Waals surface area contributed by atoms with Gasteiger partial charge in [-0.05, 0) is 42.5 Å². The summed E-state index contributed by atoms with van der Waals surface area (Å²) in [6.07, 6.45) is 7.90. The molecule has 200 valence electrons. The average molecular weight is 550 g/mol. The van der Waals surface area contributed by atoms with E-state index in [0.29, 0.717) is 0 Å². The molecule has 0 amide bonds. The first kappa shape index (κ1) is 22.7. The molecule has 0 aliphatic rings. The number of benzene rings is 5. The van der Waals surface area contributed by atoms with Crippen LogP contribution in [0.4, 0.5) is 0 Å². The minimum Gasteiger partial charge on any atom is -0.308 e. The molecule has 5 aromatic heterocycles. The molecule has 0 saturated heterocycles. The van der Waals surface area contributed by atoms with E-state index in [-0.39, 0.29) is 0 Å². The Hall–Kier alpha value is -5.94. The van der Waals surface area contributed by atoms with E-state index >= 15 is 0 Å². The number of pyridine rings is 2. The maximum atomic E-state index is 4.87. The third kappa shape index (κ3) is 2.85. The largest absolute Gasteiger partial charge is 0.308 e. The van der Waals surface area contributed by atoms with E-state index in [2.05, 4.69) is 140 Å². The number of rotatable bonds is 2. The van der Waals surface area contributed by atoms with Gasteiger partial charge >= 0.3 is 0 Å². The Kier molecular flexibility index (Phi) is 4.39. The van der Waals surface area contributed by atoms with E-state index in [1.165, 1.54) is 49.0 Å². The molecule has 10 aromatic rings. The fourth-order valence-corrected chi connectivity index (χ4v) is 7.33. The van der Waals surface area contributed by atoms with E-state index in [9.17, 15) is 0 Å². The Balaban J connectivity index is 1.66. The van der Waals surface area contributed by atoms with Crippen molar-refractivity contribution in [2.24, 2.45) is 0 Å². The third-order valence-corrected chi connectivity index (χ3v) is 8.94. The monoisotopic (exact) mass is 549 g/mol. The molecule has 5 heterocycles. The van der Waals surface area contributed by atoms with Crippen LogP contribution in [0.1, 0.15) is 0 Å². The molecule has 0 N–H and O–H groups in total. The van der Waals surface area contributed by atoms with Gasteiger partial charge in [-0.3, -0.25) is 9.38 Å². The van der Waals surface area contributed by atoms with Crippen molar-refractivity contribution in [1.29, 1.82) is 0 Å². The zero-order valence-corrected chi connectivity index (χ0v) is 23.0. The van der Waals surface area contributed by atoms with Crippen LogP contribution in [0.25, 0.3) is 82.3 Å². The third-order valence-electron chi connectivity index (χ3n) is 8.94. The zero-order valence-electron chi connectivity index (χ0n) is 23.0. The van der Waals surface area contributed by atoms with Crippen LogP contribution in [0.3, 0.4) is 0 Å². The van der Waals surface area contributed by atoms with Crippen molar-refractivity contribution in [1.82, 2.24) is 23.5 Å². The van der Waals surface area contributed by atoms with Crippen molar-refractivity contribution < 1.29 is 0 Å². The first-order valence-electron chi connectivity index (χ1n) is 14.5. The lowest BCUT2D eigenvalue weighted by Gasteiger charge is -2.16. The SMILES string of the molecule is c1ccc(-n2c3ccccc3c3c2c2c4cnccc4c4nccn4c2c2c4ccccc4n(-c4ccccc4)c32)cc1. The minimum absolute atomic E-state index is 0.935. The van der Waals surface area contributed by atoms with E-state index in [1.54, 1.807) is 0 Å². The minimum atomic E-state index is 0.935. The Morgan fingerprint density at radius 3 is 1.60 bits per heavy atom. The van der Waals surface area contributed by atoms with Crippen LogP contribution in [0.5, 0.6) is 0 Å². The van der Waals surface area contributed by atoms with Crippen molar-refractivity contribution in [3.8, 4) is 11.4 Å². The van der Waals surface area contributed by atoms with Crippen LogP contribution < -0.4 is 0 Å². The molecule has 5 nitrogen and oxygen atoms in total. The average Bonchev–Trinajstić information content (AvgIpc) is 3.78. The van der Waals surface area contributed by atoms with Crippen LogP contribution in [0, 0.1) is 0 Å². The van der Waals surface area contributed by atoms with Gasteiger partial charge in [0.2, 0.25) is 0 Å². The molecule has 0 spiro atoms. The lowest BCUT2D eigenvalue weighted by Crippen LogP contribution is -1.99. The highest BCUT2D eigenvalue weighted by atomic mass is 15.0. The molecule has 0 aliphatic carbocycles. The van der Waals surface area contributed by atoms with Gasteiger partial charge < -0.3 is 9.13 Å². The first-order chi connectivity index (χ1) is 21.4. The Labute approximate surface area is 245 Å². The van der Waals surface area contributed by atoms with E-state index in [1.807, 2.05) is 18.6 Å². The molecule has 5 aromatic carbocycles. The molecule has 5 heteroatoms. The number of hydrogen-bond acceptors (Lipinski definition) is 2. The van der Waals surface area contributed by atoms with Gasteiger partial charge in [0, 0.05) is 73.9 Å². The smallest absolute Gasteiger partial charge is 0.145 e. The van der Waals surface area contributed by atoms with Gasteiger partial charge in [0.05, 0.1) is 27.6 Å². The van der Waals surface area contributed by atoms with Gasteiger partial charge in [-0.1, -0.05) is 72.8 Å². The summed E-state index contributed by atoms with van der Waals surface area (Å²) in [5.74, 6) is 0. The van der Waals surface area contributed by atoms with Crippen LogP contribution in [-0.2, 0) is 0 Å². The number of fused-ring (bicyclic) bond motifs is 15. The summed E-state index contributed by atoms with van der Waals surface area (Å²) in [6.45, 7) is 0. The van der Waals surface area contributed by atoms with Crippen molar-refractivity contribution in [2.45, 2.75) is 0 Å². The quantitative estimate of drug-likeness (QED) is 0.202. The lowest BCUT2D eigenvalue weighted by molar-refractivity contribution is 1.18. The second kappa shape index (κ2) is 8.30. The number of aromatic nitrogens is 5. The molecule has 0 aliphatic heterocycles. The summed E-state index contributed by atoms with van der Waals surface area (Å²) < 4.78 is 7.17. The van der Waals surface area contributed by atoms with Crippen molar-refractivity contribution >= 4 is 70.9 Å². The van der Waals surface area contributed by atoms with Gasteiger partial charge in [0.25, 0.3) is 0 Å². The van der Waals surface area contributed by atoms with Crippen molar-refractivity contribution in [2.75, 3.05) is 0 Å². The van der Waals surface area contributed by atoms with Crippen LogP contribution >= 0.6 is 0 Å². The highest BCUT2D eigenvalue weighted by Crippen LogP contribution is 2.48. The zero-order chi connectivity index (χ0) is 28.1. The Morgan fingerprint density at radius 1 is 0.442 bits per heavy atom. The summed E-state index contributed by atoms with van der Waals surface area (Å²) in [6, 6.07) is 41.1. The molecule has 0 saturated carbocycles. The van der Waals surface area contributed by atoms with Gasteiger partial charge in [-0.15, -0.1) is 0 Å². The summed E-state index contributed by atoms with van der Waals surface area (Å²) in [5, 5.41) is 8.23. The van der Waals surface area contributed by atoms with E-state index in [0.717, 1.165) is 33.3 Å². The van der Waals surface area contributed by atoms with Gasteiger partial charge in [0.1, 0.15) is 5.65 Å². The van der Waals surface area contributed by atoms with E-state index < -0.39 is 0 Å². The molecule has 43 heavy (non-hydrogen) atoms. The number of para-hydroxylation sites is 4. The molecule has 10 rings (SSSR count). The van der Waals surface area contributed by atoms with Crippen LogP contribution in [0.15, 0.2) is 140 Å². The predicted octanol–water partition coefficient (Wildman–Crippen LogP) is 9.23. The van der Waals surface area contributed by atoms with Crippen molar-refractivity contribution in [3.05, 3.63) is 140 Å². The maximum absolute atomic E-state index is 4.87. The highest BCUT2D eigenvalue weighted by molar-refractivity contribution is 6.39. The van der Waals surface area contributed by atoms with Gasteiger partial charge in [-0.25, -0.2) is 4.98 Å². The predicted molar refractivity (Wildman–Crippen MR) is 177 cm³/mol.